The van der Waals surface area contributed by atoms with Crippen LogP contribution in [-0.4, -0.2) is 34.4 Å². The fourth-order valence-electron chi connectivity index (χ4n) is 3.01. The first-order valence-corrected chi connectivity index (χ1v) is 8.31. The summed E-state index contributed by atoms with van der Waals surface area (Å²) in [6, 6.07) is 0.260. The van der Waals surface area contributed by atoms with Crippen LogP contribution in [0.5, 0.6) is 0 Å². The van der Waals surface area contributed by atoms with E-state index in [1.807, 2.05) is 30.9 Å². The van der Waals surface area contributed by atoms with Crippen molar-refractivity contribution in [3.63, 3.8) is 0 Å². The molecule has 112 valence electrons. The second-order valence-electron chi connectivity index (χ2n) is 5.22. The van der Waals surface area contributed by atoms with Gasteiger partial charge in [-0.3, -0.25) is 9.48 Å². The third kappa shape index (κ3) is 3.33. The molecule has 2 atom stereocenters. The first-order chi connectivity index (χ1) is 9.61. The monoisotopic (exact) mass is 391 g/mol. The number of ether oxygens (including phenoxy) is 1. The number of hydrogen-bond donors (Lipinski definition) is 1. The Balaban J connectivity index is 2.18. The Hall–Kier alpha value is -0.630. The Bertz CT molecular complexity index is 459. The zero-order chi connectivity index (χ0) is 14.6. The molecule has 1 heterocycles. The number of carbonyl (C=O) groups excluding carboxylic acids is 1. The maximum Gasteiger partial charge on any atom is 0.326 e. The van der Waals surface area contributed by atoms with Crippen molar-refractivity contribution < 1.29 is 9.53 Å². The fraction of sp³-hybridized carbons (Fsp3) is 0.714. The van der Waals surface area contributed by atoms with Gasteiger partial charge in [0.1, 0.15) is 5.54 Å². The first-order valence-electron chi connectivity index (χ1n) is 7.23. The van der Waals surface area contributed by atoms with Crippen LogP contribution in [0.15, 0.2) is 12.4 Å². The van der Waals surface area contributed by atoms with Crippen molar-refractivity contribution in [1.82, 2.24) is 15.1 Å². The smallest absolute Gasteiger partial charge is 0.326 e. The van der Waals surface area contributed by atoms with Crippen LogP contribution in [0.25, 0.3) is 0 Å². The Labute approximate surface area is 133 Å². The molecule has 1 fully saturated rings. The third-order valence-corrected chi connectivity index (χ3v) is 4.41. The van der Waals surface area contributed by atoms with Crippen molar-refractivity contribution in [3.05, 3.63) is 16.0 Å². The molecule has 1 aliphatic rings. The quantitative estimate of drug-likeness (QED) is 0.619. The highest BCUT2D eigenvalue weighted by Crippen LogP contribution is 2.36. The molecule has 2 unspecified atom stereocenters. The second-order valence-corrected chi connectivity index (χ2v) is 6.47. The molecule has 1 N–H and O–H groups in total. The van der Waals surface area contributed by atoms with Gasteiger partial charge in [-0.2, -0.15) is 5.10 Å². The molecule has 2 rings (SSSR count). The maximum absolute atomic E-state index is 12.4. The molecule has 0 aliphatic heterocycles. The van der Waals surface area contributed by atoms with Crippen LogP contribution in [0.4, 0.5) is 0 Å². The Kier molecular flexibility index (Phi) is 5.42. The van der Waals surface area contributed by atoms with Crippen molar-refractivity contribution in [2.75, 3.05) is 13.2 Å². The van der Waals surface area contributed by atoms with Crippen LogP contribution in [-0.2, 0) is 9.53 Å². The van der Waals surface area contributed by atoms with E-state index in [2.05, 4.69) is 33.0 Å². The zero-order valence-corrected chi connectivity index (χ0v) is 14.2. The SMILES string of the molecule is CCNC1(C(=O)OCC)CCCC(n2cc(I)cn2)C1. The summed E-state index contributed by atoms with van der Waals surface area (Å²) in [4.78, 5) is 12.4. The molecule has 1 aromatic heterocycles. The van der Waals surface area contributed by atoms with Gasteiger partial charge in [0, 0.05) is 6.20 Å². The predicted molar refractivity (Wildman–Crippen MR) is 85.5 cm³/mol. The minimum Gasteiger partial charge on any atom is -0.465 e. The molecule has 1 aliphatic carbocycles. The Morgan fingerprint density at radius 3 is 3.05 bits per heavy atom. The van der Waals surface area contributed by atoms with Gasteiger partial charge in [0.05, 0.1) is 22.4 Å². The highest BCUT2D eigenvalue weighted by molar-refractivity contribution is 14.1. The van der Waals surface area contributed by atoms with Gasteiger partial charge in [-0.25, -0.2) is 0 Å². The van der Waals surface area contributed by atoms with Crippen molar-refractivity contribution in [3.8, 4) is 0 Å². The predicted octanol–water partition coefficient (Wildman–Crippen LogP) is 2.51. The molecule has 0 aromatic carbocycles. The Morgan fingerprint density at radius 1 is 1.65 bits per heavy atom. The molecule has 0 spiro atoms. The van der Waals surface area contributed by atoms with Gasteiger partial charge in [0.2, 0.25) is 0 Å². The molecular formula is C14H22IN3O2. The number of likely N-dealkylation sites (N-methyl/N-ethyl adjacent to an activating group) is 1. The van der Waals surface area contributed by atoms with Gasteiger partial charge >= 0.3 is 5.97 Å². The van der Waals surface area contributed by atoms with Crippen LogP contribution in [0, 0.1) is 3.57 Å². The number of aromatic nitrogens is 2. The third-order valence-electron chi connectivity index (χ3n) is 3.85. The number of hydrogen-bond acceptors (Lipinski definition) is 4. The van der Waals surface area contributed by atoms with Gasteiger partial charge < -0.3 is 10.1 Å². The molecule has 0 bridgehead atoms. The summed E-state index contributed by atoms with van der Waals surface area (Å²) in [6.07, 6.45) is 7.55. The first kappa shape index (κ1) is 15.8. The maximum atomic E-state index is 12.4. The van der Waals surface area contributed by atoms with Crippen LogP contribution in [0.3, 0.4) is 0 Å². The topological polar surface area (TPSA) is 56.1 Å². The van der Waals surface area contributed by atoms with Gasteiger partial charge in [-0.05, 0) is 61.7 Å². The zero-order valence-electron chi connectivity index (χ0n) is 12.1. The summed E-state index contributed by atoms with van der Waals surface area (Å²) < 4.78 is 8.41. The highest BCUT2D eigenvalue weighted by atomic mass is 127. The van der Waals surface area contributed by atoms with Gasteiger partial charge in [-0.1, -0.05) is 6.92 Å². The number of carbonyl (C=O) groups is 1. The molecule has 0 saturated heterocycles. The van der Waals surface area contributed by atoms with Crippen LogP contribution >= 0.6 is 22.6 Å². The van der Waals surface area contributed by atoms with Crippen LogP contribution in [0.1, 0.15) is 45.6 Å². The van der Waals surface area contributed by atoms with E-state index in [4.69, 9.17) is 4.74 Å². The Morgan fingerprint density at radius 2 is 2.45 bits per heavy atom. The van der Waals surface area contributed by atoms with E-state index in [9.17, 15) is 4.79 Å². The number of rotatable bonds is 5. The summed E-state index contributed by atoms with van der Waals surface area (Å²) in [7, 11) is 0. The van der Waals surface area contributed by atoms with E-state index in [-0.39, 0.29) is 12.0 Å². The standard InChI is InChI=1S/C14H22IN3O2/c1-3-16-14(13(19)20-4-2)7-5-6-12(8-14)18-10-11(15)9-17-18/h9-10,12,16H,3-8H2,1-2H3. The largest absolute Gasteiger partial charge is 0.465 e. The number of esters is 1. The van der Waals surface area contributed by atoms with E-state index in [0.29, 0.717) is 6.61 Å². The second kappa shape index (κ2) is 6.89. The van der Waals surface area contributed by atoms with Crippen molar-refractivity contribution in [2.24, 2.45) is 0 Å². The van der Waals surface area contributed by atoms with Crippen LogP contribution in [0.2, 0.25) is 0 Å². The van der Waals surface area contributed by atoms with Crippen molar-refractivity contribution in [2.45, 2.75) is 51.1 Å². The molecule has 1 saturated carbocycles. The molecule has 5 nitrogen and oxygen atoms in total. The van der Waals surface area contributed by atoms with Crippen molar-refractivity contribution >= 4 is 28.6 Å². The summed E-state index contributed by atoms with van der Waals surface area (Å²) in [5, 5.41) is 7.77. The van der Waals surface area contributed by atoms with Crippen molar-refractivity contribution in [1.29, 1.82) is 0 Å². The lowest BCUT2D eigenvalue weighted by atomic mass is 9.79. The molecular weight excluding hydrogens is 369 g/mol. The summed E-state index contributed by atoms with van der Waals surface area (Å²) >= 11 is 2.26. The molecule has 6 heteroatoms. The summed E-state index contributed by atoms with van der Waals surface area (Å²) in [5.41, 5.74) is -0.551. The summed E-state index contributed by atoms with van der Waals surface area (Å²) in [6.45, 7) is 5.08. The lowest BCUT2D eigenvalue weighted by Crippen LogP contribution is -2.55. The lowest BCUT2D eigenvalue weighted by Gasteiger charge is -2.39. The van der Waals surface area contributed by atoms with Crippen LogP contribution < -0.4 is 5.32 Å². The lowest BCUT2D eigenvalue weighted by molar-refractivity contribution is -0.153. The van der Waals surface area contributed by atoms with Gasteiger partial charge in [0.15, 0.2) is 0 Å². The van der Waals surface area contributed by atoms with E-state index in [0.717, 1.165) is 35.8 Å². The molecule has 0 radical (unpaired) electrons. The average Bonchev–Trinajstić information content (AvgIpc) is 2.86. The minimum atomic E-state index is -0.551. The van der Waals surface area contributed by atoms with E-state index in [1.165, 1.54) is 0 Å². The summed E-state index contributed by atoms with van der Waals surface area (Å²) in [5.74, 6) is -0.117. The number of nitrogens with zero attached hydrogens (tertiary/aromatic N) is 2. The van der Waals surface area contributed by atoms with Gasteiger partial charge in [-0.15, -0.1) is 0 Å². The normalized spacial score (nSPS) is 26.4. The molecule has 0 amide bonds. The highest BCUT2D eigenvalue weighted by Gasteiger charge is 2.44. The molecule has 1 aromatic rings. The fourth-order valence-corrected chi connectivity index (χ4v) is 3.42. The minimum absolute atomic E-state index is 0.117. The van der Waals surface area contributed by atoms with E-state index < -0.39 is 5.54 Å². The number of halogens is 1. The number of nitrogens with one attached hydrogen (secondary N) is 1. The average molecular weight is 391 g/mol. The van der Waals surface area contributed by atoms with Gasteiger partial charge in [0.25, 0.3) is 0 Å². The molecule has 20 heavy (non-hydrogen) atoms. The van der Waals surface area contributed by atoms with E-state index in [1.54, 1.807) is 0 Å². The van der Waals surface area contributed by atoms with E-state index >= 15 is 0 Å².